The van der Waals surface area contributed by atoms with Crippen LogP contribution >= 0.6 is 34.9 Å². The van der Waals surface area contributed by atoms with Crippen molar-refractivity contribution in [2.75, 3.05) is 11.5 Å². The molecule has 4 heterocycles. The summed E-state index contributed by atoms with van der Waals surface area (Å²) in [5.41, 5.74) is 5.52. The topological polar surface area (TPSA) is 211 Å². The molecule has 1 unspecified atom stereocenters. The van der Waals surface area contributed by atoms with Crippen LogP contribution in [0.15, 0.2) is 27.9 Å². The molecule has 14 nitrogen and oxygen atoms in total. The van der Waals surface area contributed by atoms with Crippen LogP contribution in [-0.2, 0) is 32.1 Å². The first-order valence-corrected chi connectivity index (χ1v) is 13.2. The highest BCUT2D eigenvalue weighted by Crippen LogP contribution is 2.41. The fourth-order valence-electron chi connectivity index (χ4n) is 3.64. The Balaban J connectivity index is 1.42. The van der Waals surface area contributed by atoms with Crippen LogP contribution in [0.5, 0.6) is 0 Å². The van der Waals surface area contributed by atoms with Gasteiger partial charge >= 0.3 is 11.9 Å². The van der Waals surface area contributed by atoms with Gasteiger partial charge in [-0.3, -0.25) is 19.3 Å². The fraction of sp³-hybridized carbons (Fsp3) is 0.368. The Bertz CT molecular complexity index is 1270. The van der Waals surface area contributed by atoms with Crippen molar-refractivity contribution in [3.8, 4) is 0 Å². The second kappa shape index (κ2) is 10.7. The Labute approximate surface area is 215 Å². The number of aryl methyl sites for hydroxylation is 1. The number of hydrogen-bond donors (Lipinski definition) is 4. The number of hydrogen-bond acceptors (Lipinski definition) is 11. The molecular formula is C19H19N7O7S3. The number of thiophene rings is 1. The van der Waals surface area contributed by atoms with Crippen LogP contribution in [0.1, 0.15) is 21.7 Å². The molecule has 17 heteroatoms. The third-order valence-corrected chi connectivity index (χ3v) is 8.61. The van der Waals surface area contributed by atoms with Gasteiger partial charge in [0.25, 0.3) is 5.91 Å². The Hall–Kier alpha value is -3.44. The number of nitrogens with two attached hydrogens (primary N) is 1. The molecule has 5 N–H and O–H groups in total. The first kappa shape index (κ1) is 25.6. The predicted molar refractivity (Wildman–Crippen MR) is 127 cm³/mol. The number of tetrazole rings is 1. The number of β-lactam (4-membered cyclic amide) rings is 1. The molecular weight excluding hydrogens is 534 g/mol. The number of carbonyl (C=O) groups is 5. The minimum atomic E-state index is -1.27. The molecule has 0 bridgehead atoms. The van der Waals surface area contributed by atoms with Crippen molar-refractivity contribution in [1.29, 1.82) is 0 Å². The van der Waals surface area contributed by atoms with Gasteiger partial charge in [0.05, 0.1) is 18.5 Å². The maximum Gasteiger partial charge on any atom is 0.352 e. The Morgan fingerprint density at radius 2 is 2.03 bits per heavy atom. The molecule has 0 aliphatic carbocycles. The molecule has 2 aromatic rings. The number of aromatic nitrogens is 4. The van der Waals surface area contributed by atoms with Gasteiger partial charge in [0, 0.05) is 22.8 Å². The monoisotopic (exact) mass is 553 g/mol. The van der Waals surface area contributed by atoms with E-state index in [1.807, 2.05) is 0 Å². The van der Waals surface area contributed by atoms with E-state index < -0.39 is 41.1 Å². The number of nitrogens with zero attached hydrogens (tertiary/aromatic N) is 5. The van der Waals surface area contributed by atoms with Gasteiger partial charge in [-0.1, -0.05) is 11.8 Å². The SMILES string of the molecule is NC(=O)CCn1nnnc1SCC1=C(C(=O)O)N2C(=O)C(NC(=O)Cc3sccc3C(=O)O)[C@H]2SC1. The van der Waals surface area contributed by atoms with E-state index in [1.165, 1.54) is 22.5 Å². The van der Waals surface area contributed by atoms with Gasteiger partial charge in [-0.05, 0) is 27.4 Å². The lowest BCUT2D eigenvalue weighted by atomic mass is 10.0. The molecule has 2 aliphatic rings. The number of carboxylic acid groups (broad SMARTS) is 2. The first-order chi connectivity index (χ1) is 17.2. The molecule has 4 rings (SSSR count). The summed E-state index contributed by atoms with van der Waals surface area (Å²) in [6.45, 7) is 0.178. The van der Waals surface area contributed by atoms with E-state index in [1.54, 1.807) is 5.38 Å². The van der Waals surface area contributed by atoms with Crippen LogP contribution in [0.4, 0.5) is 0 Å². The zero-order chi connectivity index (χ0) is 26.0. The number of carbonyl (C=O) groups excluding carboxylic acids is 3. The smallest absolute Gasteiger partial charge is 0.352 e. The van der Waals surface area contributed by atoms with Crippen LogP contribution < -0.4 is 11.1 Å². The zero-order valence-corrected chi connectivity index (χ0v) is 20.8. The third-order valence-electron chi connectivity index (χ3n) is 5.31. The van der Waals surface area contributed by atoms with Gasteiger partial charge in [0.1, 0.15) is 17.1 Å². The molecule has 1 saturated heterocycles. The van der Waals surface area contributed by atoms with Crippen molar-refractivity contribution in [2.24, 2.45) is 5.73 Å². The molecule has 2 atom stereocenters. The van der Waals surface area contributed by atoms with Crippen LogP contribution in [0, 0.1) is 0 Å². The average molecular weight is 554 g/mol. The highest BCUT2D eigenvalue weighted by Gasteiger charge is 2.54. The highest BCUT2D eigenvalue weighted by atomic mass is 32.2. The van der Waals surface area contributed by atoms with Crippen LogP contribution in [0.3, 0.4) is 0 Å². The standard InChI is InChI=1S/C19H19N7O7S3/c20-11(27)1-3-25-19(22-23-24-25)36-7-8-6-35-16-13(15(29)26(16)14(8)18(32)33)21-12(28)5-10-9(17(30)31)2-4-34-10/h2,4,13,16H,1,3,5-7H2,(H2,20,27)(H,21,28)(H,30,31)(H,32,33)/t13?,16-/m1/s1. The number of carboxylic acids is 2. The number of rotatable bonds is 11. The summed E-state index contributed by atoms with van der Waals surface area (Å²) in [5.74, 6) is -3.52. The average Bonchev–Trinajstić information content (AvgIpc) is 3.48. The minimum absolute atomic E-state index is 0.0302. The van der Waals surface area contributed by atoms with E-state index in [9.17, 15) is 34.2 Å². The van der Waals surface area contributed by atoms with Crippen molar-refractivity contribution < 1.29 is 34.2 Å². The quantitative estimate of drug-likeness (QED) is 0.203. The molecule has 36 heavy (non-hydrogen) atoms. The summed E-state index contributed by atoms with van der Waals surface area (Å²) in [5, 5.41) is 34.2. The van der Waals surface area contributed by atoms with Crippen molar-refractivity contribution in [3.05, 3.63) is 33.2 Å². The zero-order valence-electron chi connectivity index (χ0n) is 18.3. The van der Waals surface area contributed by atoms with E-state index in [0.717, 1.165) is 28.0 Å². The van der Waals surface area contributed by atoms with Crippen molar-refractivity contribution >= 4 is 64.5 Å². The predicted octanol–water partition coefficient (Wildman–Crippen LogP) is -0.618. The number of fused-ring (bicyclic) bond motifs is 1. The molecule has 2 aromatic heterocycles. The van der Waals surface area contributed by atoms with Gasteiger partial charge in [-0.2, -0.15) is 0 Å². The number of amides is 3. The largest absolute Gasteiger partial charge is 0.478 e. The Morgan fingerprint density at radius 3 is 2.72 bits per heavy atom. The Kier molecular flexibility index (Phi) is 7.60. The number of nitrogens with one attached hydrogen (secondary N) is 1. The van der Waals surface area contributed by atoms with Gasteiger partial charge in [0.2, 0.25) is 17.0 Å². The molecule has 0 aromatic carbocycles. The Morgan fingerprint density at radius 1 is 1.25 bits per heavy atom. The van der Waals surface area contributed by atoms with Crippen molar-refractivity contribution in [1.82, 2.24) is 30.4 Å². The van der Waals surface area contributed by atoms with Gasteiger partial charge in [-0.25, -0.2) is 14.3 Å². The summed E-state index contributed by atoms with van der Waals surface area (Å²) in [6.07, 6.45) is -0.160. The minimum Gasteiger partial charge on any atom is -0.478 e. The summed E-state index contributed by atoms with van der Waals surface area (Å²) < 4.78 is 1.39. The summed E-state index contributed by atoms with van der Waals surface area (Å²) >= 11 is 3.61. The van der Waals surface area contributed by atoms with Crippen LogP contribution in [0.2, 0.25) is 0 Å². The van der Waals surface area contributed by atoms with E-state index in [4.69, 9.17) is 5.73 Å². The second-order valence-electron chi connectivity index (χ2n) is 7.64. The van der Waals surface area contributed by atoms with Crippen LogP contribution in [0.25, 0.3) is 0 Å². The molecule has 190 valence electrons. The number of thioether (sulfide) groups is 2. The highest BCUT2D eigenvalue weighted by molar-refractivity contribution is 8.01. The summed E-state index contributed by atoms with van der Waals surface area (Å²) in [7, 11) is 0. The van der Waals surface area contributed by atoms with Crippen molar-refractivity contribution in [2.45, 2.75) is 36.0 Å². The maximum atomic E-state index is 12.8. The van der Waals surface area contributed by atoms with E-state index >= 15 is 0 Å². The number of primary amides is 1. The lowest BCUT2D eigenvalue weighted by Gasteiger charge is -2.49. The fourth-order valence-corrected chi connectivity index (χ4v) is 6.89. The number of aromatic carboxylic acids is 1. The third kappa shape index (κ3) is 5.21. The normalized spacial score (nSPS) is 19.0. The van der Waals surface area contributed by atoms with E-state index in [2.05, 4.69) is 20.8 Å². The lowest BCUT2D eigenvalue weighted by Crippen LogP contribution is -2.70. The van der Waals surface area contributed by atoms with Gasteiger partial charge < -0.3 is 21.3 Å². The second-order valence-corrected chi connectivity index (χ2v) is 10.7. The van der Waals surface area contributed by atoms with Gasteiger partial charge in [0.15, 0.2) is 0 Å². The van der Waals surface area contributed by atoms with Crippen LogP contribution in [-0.4, -0.2) is 87.9 Å². The van der Waals surface area contributed by atoms with E-state index in [-0.39, 0.29) is 36.4 Å². The van der Waals surface area contributed by atoms with E-state index in [0.29, 0.717) is 21.4 Å². The molecule has 0 saturated carbocycles. The molecule has 1 fully saturated rings. The molecule has 0 radical (unpaired) electrons. The number of aliphatic carboxylic acids is 1. The van der Waals surface area contributed by atoms with Crippen molar-refractivity contribution in [3.63, 3.8) is 0 Å². The molecule has 0 spiro atoms. The summed E-state index contributed by atoms with van der Waals surface area (Å²) in [4.78, 5) is 61.1. The maximum absolute atomic E-state index is 12.8. The van der Waals surface area contributed by atoms with Gasteiger partial charge in [-0.15, -0.1) is 28.2 Å². The summed E-state index contributed by atoms with van der Waals surface area (Å²) in [6, 6.07) is 0.489. The lowest BCUT2D eigenvalue weighted by molar-refractivity contribution is -0.150. The first-order valence-electron chi connectivity index (χ1n) is 10.3. The molecule has 3 amide bonds. The molecule has 2 aliphatic heterocycles.